The molecule has 2 aromatic rings. The maximum Gasteiger partial charge on any atom is 0.252 e. The molecule has 0 aliphatic carbocycles. The second kappa shape index (κ2) is 6.57. The van der Waals surface area contributed by atoms with Crippen molar-refractivity contribution in [3.8, 4) is 5.75 Å². The fourth-order valence-corrected chi connectivity index (χ4v) is 4.49. The van der Waals surface area contributed by atoms with Gasteiger partial charge >= 0.3 is 0 Å². The van der Waals surface area contributed by atoms with Crippen LogP contribution in [0.2, 0.25) is 0 Å². The van der Waals surface area contributed by atoms with E-state index in [1.807, 2.05) is 24.3 Å². The Labute approximate surface area is 129 Å². The summed E-state index contributed by atoms with van der Waals surface area (Å²) in [4.78, 5) is 0. The van der Waals surface area contributed by atoms with Crippen molar-refractivity contribution in [2.45, 2.75) is 17.3 Å². The minimum Gasteiger partial charge on any atom is -0.496 e. The topological polar surface area (TPSA) is 72.6 Å². The second-order valence-electron chi connectivity index (χ2n) is 4.55. The first-order valence-electron chi connectivity index (χ1n) is 6.34. The van der Waals surface area contributed by atoms with Gasteiger partial charge < -0.3 is 10.5 Å². The number of hydrogen-bond donors (Lipinski definition) is 1. The second-order valence-corrected chi connectivity index (χ2v) is 7.73. The Bertz CT molecular complexity index is 711. The van der Waals surface area contributed by atoms with E-state index >= 15 is 0 Å². The molecule has 114 valence electrons. The van der Waals surface area contributed by atoms with Gasteiger partial charge in [0.05, 0.1) is 7.11 Å². The molecule has 1 aromatic heterocycles. The van der Waals surface area contributed by atoms with Gasteiger partial charge in [-0.25, -0.2) is 8.42 Å². The van der Waals surface area contributed by atoms with Crippen molar-refractivity contribution in [1.29, 1.82) is 0 Å². The largest absolute Gasteiger partial charge is 0.496 e. The number of benzene rings is 1. The van der Waals surface area contributed by atoms with Gasteiger partial charge in [-0.15, -0.1) is 11.3 Å². The van der Waals surface area contributed by atoms with Crippen LogP contribution in [0, 0.1) is 0 Å². The highest BCUT2D eigenvalue weighted by atomic mass is 32.2. The molecule has 0 saturated carbocycles. The first-order chi connectivity index (χ1) is 9.98. The van der Waals surface area contributed by atoms with E-state index in [4.69, 9.17) is 10.5 Å². The molecule has 0 spiro atoms. The van der Waals surface area contributed by atoms with Crippen LogP contribution in [0.1, 0.15) is 11.1 Å². The van der Waals surface area contributed by atoms with E-state index in [0.717, 1.165) is 11.1 Å². The van der Waals surface area contributed by atoms with Gasteiger partial charge in [-0.2, -0.15) is 4.31 Å². The van der Waals surface area contributed by atoms with Crippen molar-refractivity contribution in [3.05, 3.63) is 46.8 Å². The van der Waals surface area contributed by atoms with Crippen LogP contribution in [-0.4, -0.2) is 26.9 Å². The number of hydrogen-bond acceptors (Lipinski definition) is 5. The summed E-state index contributed by atoms with van der Waals surface area (Å²) in [7, 11) is -0.382. The van der Waals surface area contributed by atoms with Gasteiger partial charge in [0.2, 0.25) is 0 Å². The van der Waals surface area contributed by atoms with Gasteiger partial charge in [0.25, 0.3) is 10.0 Å². The Morgan fingerprint density at radius 2 is 2.05 bits per heavy atom. The number of ether oxygens (including phenoxy) is 1. The zero-order chi connectivity index (χ0) is 15.5. The molecule has 0 bridgehead atoms. The number of para-hydroxylation sites is 1. The Morgan fingerprint density at radius 3 is 2.67 bits per heavy atom. The molecule has 0 aliphatic heterocycles. The van der Waals surface area contributed by atoms with Gasteiger partial charge in [-0.05, 0) is 23.1 Å². The number of nitrogens with zero attached hydrogens (tertiary/aromatic N) is 1. The quantitative estimate of drug-likeness (QED) is 0.881. The predicted octanol–water partition coefficient (Wildman–Crippen LogP) is 2.04. The van der Waals surface area contributed by atoms with Crippen molar-refractivity contribution in [3.63, 3.8) is 0 Å². The zero-order valence-corrected chi connectivity index (χ0v) is 13.6. The van der Waals surface area contributed by atoms with Crippen molar-refractivity contribution in [2.75, 3.05) is 14.2 Å². The minimum atomic E-state index is -3.51. The number of sulfonamides is 1. The lowest BCUT2D eigenvalue weighted by Gasteiger charge is -2.17. The van der Waals surface area contributed by atoms with Crippen LogP contribution in [0.3, 0.4) is 0 Å². The van der Waals surface area contributed by atoms with E-state index in [-0.39, 0.29) is 6.54 Å². The van der Waals surface area contributed by atoms with Crippen molar-refractivity contribution in [2.24, 2.45) is 5.73 Å². The lowest BCUT2D eigenvalue weighted by molar-refractivity contribution is 0.398. The van der Waals surface area contributed by atoms with E-state index < -0.39 is 10.0 Å². The average Bonchev–Trinajstić information content (AvgIpc) is 2.97. The molecule has 1 aromatic carbocycles. The molecule has 5 nitrogen and oxygen atoms in total. The summed E-state index contributed by atoms with van der Waals surface area (Å²) >= 11 is 1.19. The number of nitrogens with two attached hydrogens (primary N) is 1. The Morgan fingerprint density at radius 1 is 1.33 bits per heavy atom. The monoisotopic (exact) mass is 326 g/mol. The molecule has 0 unspecified atom stereocenters. The van der Waals surface area contributed by atoms with Gasteiger partial charge in [-0.3, -0.25) is 0 Å². The van der Waals surface area contributed by atoms with Crippen LogP contribution in [0.5, 0.6) is 5.75 Å². The molecule has 0 amide bonds. The van der Waals surface area contributed by atoms with Crippen LogP contribution in [-0.2, 0) is 23.1 Å². The highest BCUT2D eigenvalue weighted by Gasteiger charge is 2.23. The van der Waals surface area contributed by atoms with Gasteiger partial charge in [0, 0.05) is 25.7 Å². The molecule has 2 rings (SSSR count). The summed E-state index contributed by atoms with van der Waals surface area (Å²) in [5, 5.41) is 1.77. The molecular formula is C14H18N2O3S2. The summed E-state index contributed by atoms with van der Waals surface area (Å²) in [6.45, 7) is 0.588. The van der Waals surface area contributed by atoms with Crippen LogP contribution in [0.15, 0.2) is 39.9 Å². The number of methoxy groups -OCH3 is 1. The Hall–Kier alpha value is -1.41. The Kier molecular flexibility index (Phi) is 5.00. The molecule has 21 heavy (non-hydrogen) atoms. The smallest absolute Gasteiger partial charge is 0.252 e. The summed E-state index contributed by atoms with van der Waals surface area (Å²) in [5.41, 5.74) is 7.17. The van der Waals surface area contributed by atoms with Crippen molar-refractivity contribution < 1.29 is 13.2 Å². The number of thiophene rings is 1. The predicted molar refractivity (Wildman–Crippen MR) is 83.9 cm³/mol. The first-order valence-corrected chi connectivity index (χ1v) is 8.66. The van der Waals surface area contributed by atoms with Gasteiger partial charge in [0.15, 0.2) is 0 Å². The fraction of sp³-hybridized carbons (Fsp3) is 0.286. The third-order valence-electron chi connectivity index (χ3n) is 3.12. The molecule has 0 aliphatic rings. The molecule has 7 heteroatoms. The van der Waals surface area contributed by atoms with Crippen LogP contribution in [0.25, 0.3) is 0 Å². The van der Waals surface area contributed by atoms with E-state index in [1.54, 1.807) is 25.6 Å². The van der Waals surface area contributed by atoms with Gasteiger partial charge in [0.1, 0.15) is 9.96 Å². The fourth-order valence-electron chi connectivity index (χ4n) is 1.91. The third-order valence-corrected chi connectivity index (χ3v) is 6.38. The number of rotatable bonds is 6. The molecule has 0 atom stereocenters. The van der Waals surface area contributed by atoms with Crippen molar-refractivity contribution >= 4 is 21.4 Å². The Balaban J connectivity index is 2.24. The average molecular weight is 326 g/mol. The lowest BCUT2D eigenvalue weighted by Crippen LogP contribution is -2.26. The summed E-state index contributed by atoms with van der Waals surface area (Å²) in [6, 6.07) is 9.00. The van der Waals surface area contributed by atoms with E-state index in [1.165, 1.54) is 15.6 Å². The molecule has 2 N–H and O–H groups in total. The maximum absolute atomic E-state index is 12.5. The molecule has 0 saturated heterocycles. The molecule has 1 heterocycles. The van der Waals surface area contributed by atoms with Crippen LogP contribution >= 0.6 is 11.3 Å². The zero-order valence-electron chi connectivity index (χ0n) is 11.9. The maximum atomic E-state index is 12.5. The lowest BCUT2D eigenvalue weighted by atomic mass is 10.2. The minimum absolute atomic E-state index is 0.252. The third kappa shape index (κ3) is 3.44. The summed E-state index contributed by atoms with van der Waals surface area (Å²) < 4.78 is 31.9. The molecule has 0 radical (unpaired) electrons. The molecule has 0 fully saturated rings. The van der Waals surface area contributed by atoms with E-state index in [2.05, 4.69) is 0 Å². The standard InChI is InChI=1S/C14H18N2O3S2/c1-16(9-12-5-3-4-6-13(12)19-2)21(17,18)14-7-11(8-15)10-20-14/h3-7,10H,8-9,15H2,1-2H3. The first kappa shape index (κ1) is 16.0. The highest BCUT2D eigenvalue weighted by Crippen LogP contribution is 2.26. The SMILES string of the molecule is COc1ccccc1CN(C)S(=O)(=O)c1cc(CN)cs1. The summed E-state index contributed by atoms with van der Waals surface area (Å²) in [6.07, 6.45) is 0. The van der Waals surface area contributed by atoms with Crippen LogP contribution in [0.4, 0.5) is 0 Å². The molecular weight excluding hydrogens is 308 g/mol. The highest BCUT2D eigenvalue weighted by molar-refractivity contribution is 7.91. The summed E-state index contributed by atoms with van der Waals surface area (Å²) in [5.74, 6) is 0.674. The van der Waals surface area contributed by atoms with E-state index in [9.17, 15) is 8.42 Å². The van der Waals surface area contributed by atoms with Crippen molar-refractivity contribution in [1.82, 2.24) is 4.31 Å². The normalized spacial score (nSPS) is 11.8. The van der Waals surface area contributed by atoms with Gasteiger partial charge in [-0.1, -0.05) is 18.2 Å². The van der Waals surface area contributed by atoms with Crippen LogP contribution < -0.4 is 10.5 Å². The van der Waals surface area contributed by atoms with E-state index in [0.29, 0.717) is 16.5 Å².